The molecule has 0 amide bonds. The first-order valence-corrected chi connectivity index (χ1v) is 9.89. The smallest absolute Gasteiger partial charge is 0.192 e. The fraction of sp³-hybridized carbons (Fsp3) is 0.300. The van der Waals surface area contributed by atoms with E-state index >= 15 is 0 Å². The maximum atomic E-state index is 5.94. The molecule has 5 rings (SSSR count). The van der Waals surface area contributed by atoms with Gasteiger partial charge in [-0.25, -0.2) is 14.5 Å². The van der Waals surface area contributed by atoms with Crippen LogP contribution in [-0.4, -0.2) is 31.4 Å². The Bertz CT molecular complexity index is 1180. The lowest BCUT2D eigenvalue weighted by Gasteiger charge is -2.30. The summed E-state index contributed by atoms with van der Waals surface area (Å²) < 4.78 is 7.66. The number of fused-ring (bicyclic) bond motifs is 5. The number of hydrogen-bond donors (Lipinski definition) is 0. The van der Waals surface area contributed by atoms with E-state index in [-0.39, 0.29) is 12.2 Å². The van der Waals surface area contributed by atoms with Crippen LogP contribution in [0.2, 0.25) is 0 Å². The van der Waals surface area contributed by atoms with E-state index in [0.29, 0.717) is 12.4 Å². The van der Waals surface area contributed by atoms with Crippen molar-refractivity contribution in [3.63, 3.8) is 0 Å². The Balaban J connectivity index is 1.43. The van der Waals surface area contributed by atoms with Gasteiger partial charge in [-0.2, -0.15) is 0 Å². The van der Waals surface area contributed by atoms with Crippen molar-refractivity contribution in [3.05, 3.63) is 58.5 Å². The largest absolute Gasteiger partial charge is 0.387 e. The van der Waals surface area contributed by atoms with Crippen molar-refractivity contribution >= 4 is 33.4 Å². The Kier molecular flexibility index (Phi) is 4.10. The molecule has 1 aliphatic rings. The number of hydrogen-bond acceptors (Lipinski definition) is 7. The number of oxime groups is 1. The van der Waals surface area contributed by atoms with E-state index < -0.39 is 0 Å². The van der Waals surface area contributed by atoms with E-state index in [0.717, 1.165) is 27.8 Å². The third-order valence-corrected chi connectivity index (χ3v) is 5.83. The third-order valence-electron chi connectivity index (χ3n) is 4.72. The van der Waals surface area contributed by atoms with Crippen LogP contribution in [0, 0.1) is 0 Å². The van der Waals surface area contributed by atoms with E-state index in [4.69, 9.17) is 14.6 Å². The maximum absolute atomic E-state index is 5.94. The Morgan fingerprint density at radius 3 is 3.04 bits per heavy atom. The maximum Gasteiger partial charge on any atom is 0.192 e. The highest BCUT2D eigenvalue weighted by molar-refractivity contribution is 7.19. The predicted octanol–water partition coefficient (Wildman–Crippen LogP) is 3.74. The quantitative estimate of drug-likeness (QED) is 0.390. The third kappa shape index (κ3) is 3.14. The molecular formula is C20H19N5O2S. The summed E-state index contributed by atoms with van der Waals surface area (Å²) in [5.74, 6) is 0.575. The molecule has 4 aromatic rings. The molecule has 3 aromatic heterocycles. The van der Waals surface area contributed by atoms with Crippen LogP contribution in [0.1, 0.15) is 35.7 Å². The van der Waals surface area contributed by atoms with Crippen molar-refractivity contribution in [1.29, 1.82) is 0 Å². The lowest BCUT2D eigenvalue weighted by atomic mass is 9.94. The molecule has 0 unspecified atom stereocenters. The molecule has 142 valence electrons. The number of rotatable bonds is 4. The average Bonchev–Trinajstić information content (AvgIpc) is 3.25. The highest BCUT2D eigenvalue weighted by Crippen LogP contribution is 2.39. The van der Waals surface area contributed by atoms with E-state index in [1.54, 1.807) is 28.4 Å². The van der Waals surface area contributed by atoms with Gasteiger partial charge in [0.05, 0.1) is 23.8 Å². The van der Waals surface area contributed by atoms with E-state index in [1.165, 1.54) is 10.4 Å². The van der Waals surface area contributed by atoms with Crippen molar-refractivity contribution in [2.45, 2.75) is 39.1 Å². The van der Waals surface area contributed by atoms with Gasteiger partial charge < -0.3 is 9.57 Å². The van der Waals surface area contributed by atoms with Crippen molar-refractivity contribution in [2.75, 3.05) is 0 Å². The van der Waals surface area contributed by atoms with Gasteiger partial charge in [-0.15, -0.1) is 16.4 Å². The van der Waals surface area contributed by atoms with Crippen LogP contribution in [-0.2, 0) is 29.2 Å². The van der Waals surface area contributed by atoms with E-state index in [1.807, 2.05) is 30.3 Å². The van der Waals surface area contributed by atoms with Crippen molar-refractivity contribution in [2.24, 2.45) is 5.16 Å². The van der Waals surface area contributed by atoms with Crippen LogP contribution in [0.5, 0.6) is 0 Å². The Labute approximate surface area is 165 Å². The molecule has 0 bridgehead atoms. The van der Waals surface area contributed by atoms with Crippen LogP contribution in [0.15, 0.2) is 41.8 Å². The molecule has 0 saturated carbocycles. The van der Waals surface area contributed by atoms with Crippen LogP contribution >= 0.6 is 11.3 Å². The minimum atomic E-state index is -0.189. The highest BCUT2D eigenvalue weighted by atomic mass is 32.1. The standard InChI is InChI=1S/C20H19N5O2S/c1-20(2)8-14-15(10-26-20)28-19-17(14)18-23-16(24-25(18)12-21-19)11-27-22-9-13-6-4-3-5-7-13/h3-7,9,12H,8,10-11H2,1-2H3. The van der Waals surface area contributed by atoms with Crippen molar-refractivity contribution in [1.82, 2.24) is 19.6 Å². The van der Waals surface area contributed by atoms with E-state index in [2.05, 4.69) is 29.1 Å². The summed E-state index contributed by atoms with van der Waals surface area (Å²) in [4.78, 5) is 16.8. The summed E-state index contributed by atoms with van der Waals surface area (Å²) in [7, 11) is 0. The molecule has 1 aromatic carbocycles. The minimum Gasteiger partial charge on any atom is -0.387 e. The van der Waals surface area contributed by atoms with Crippen molar-refractivity contribution in [3.8, 4) is 0 Å². The van der Waals surface area contributed by atoms with Gasteiger partial charge in [0.1, 0.15) is 11.2 Å². The van der Waals surface area contributed by atoms with Crippen LogP contribution in [0.4, 0.5) is 0 Å². The number of aromatic nitrogens is 4. The molecule has 0 spiro atoms. The van der Waals surface area contributed by atoms with Crippen LogP contribution in [0.3, 0.4) is 0 Å². The predicted molar refractivity (Wildman–Crippen MR) is 108 cm³/mol. The number of thiophene rings is 1. The lowest BCUT2D eigenvalue weighted by Crippen LogP contribution is -2.31. The summed E-state index contributed by atoms with van der Waals surface area (Å²) in [6.07, 6.45) is 4.21. The zero-order valence-electron chi connectivity index (χ0n) is 15.6. The Hall–Kier alpha value is -2.84. The molecular weight excluding hydrogens is 374 g/mol. The summed E-state index contributed by atoms with van der Waals surface area (Å²) >= 11 is 1.67. The molecule has 7 nitrogen and oxygen atoms in total. The number of nitrogens with zero attached hydrogens (tertiary/aromatic N) is 5. The van der Waals surface area contributed by atoms with Crippen LogP contribution in [0.25, 0.3) is 15.9 Å². The molecule has 1 aliphatic heterocycles. The fourth-order valence-corrected chi connectivity index (χ4v) is 4.44. The van der Waals surface area contributed by atoms with Gasteiger partial charge in [-0.1, -0.05) is 35.5 Å². The zero-order chi connectivity index (χ0) is 19.1. The van der Waals surface area contributed by atoms with Crippen LogP contribution < -0.4 is 0 Å². The molecule has 0 N–H and O–H groups in total. The van der Waals surface area contributed by atoms with Crippen molar-refractivity contribution < 1.29 is 9.57 Å². The SMILES string of the molecule is CC1(C)Cc2c(sc3ncn4nc(CON=Cc5ccccc5)nc4c23)CO1. The Morgan fingerprint density at radius 1 is 1.32 bits per heavy atom. The second-order valence-electron chi connectivity index (χ2n) is 7.37. The molecule has 0 fully saturated rings. The number of ether oxygens (including phenoxy) is 1. The lowest BCUT2D eigenvalue weighted by molar-refractivity contribution is -0.0379. The monoisotopic (exact) mass is 393 g/mol. The van der Waals surface area contributed by atoms with Gasteiger partial charge in [0.25, 0.3) is 0 Å². The molecule has 0 radical (unpaired) electrons. The molecule has 0 aliphatic carbocycles. The first-order valence-electron chi connectivity index (χ1n) is 9.08. The molecule has 0 saturated heterocycles. The summed E-state index contributed by atoms with van der Waals surface area (Å²) in [5, 5.41) is 9.57. The summed E-state index contributed by atoms with van der Waals surface area (Å²) in [6, 6.07) is 9.80. The van der Waals surface area contributed by atoms with Gasteiger partial charge in [-0.3, -0.25) is 0 Å². The Morgan fingerprint density at radius 2 is 2.18 bits per heavy atom. The average molecular weight is 393 g/mol. The van der Waals surface area contributed by atoms with Gasteiger partial charge in [0, 0.05) is 11.3 Å². The second-order valence-corrected chi connectivity index (χ2v) is 8.45. The molecule has 8 heteroatoms. The normalized spacial score (nSPS) is 16.1. The molecule has 28 heavy (non-hydrogen) atoms. The van der Waals surface area contributed by atoms with Gasteiger partial charge >= 0.3 is 0 Å². The van der Waals surface area contributed by atoms with Gasteiger partial charge in [-0.05, 0) is 25.0 Å². The minimum absolute atomic E-state index is 0.189. The molecule has 0 atom stereocenters. The fourth-order valence-electron chi connectivity index (χ4n) is 3.38. The van der Waals surface area contributed by atoms with E-state index in [9.17, 15) is 0 Å². The summed E-state index contributed by atoms with van der Waals surface area (Å²) in [6.45, 7) is 5.04. The van der Waals surface area contributed by atoms with Gasteiger partial charge in [0.15, 0.2) is 18.1 Å². The first kappa shape index (κ1) is 17.3. The molecule has 4 heterocycles. The highest BCUT2D eigenvalue weighted by Gasteiger charge is 2.30. The number of benzene rings is 1. The summed E-state index contributed by atoms with van der Waals surface area (Å²) in [5.41, 5.74) is 2.87. The first-order chi connectivity index (χ1) is 13.6. The topological polar surface area (TPSA) is 73.9 Å². The van der Waals surface area contributed by atoms with Gasteiger partial charge in [0.2, 0.25) is 0 Å². The zero-order valence-corrected chi connectivity index (χ0v) is 16.4. The second kappa shape index (κ2) is 6.65.